The molecular formula is C12H17NO4. The molecule has 94 valence electrons. The van der Waals surface area contributed by atoms with E-state index in [1.54, 1.807) is 12.1 Å². The summed E-state index contributed by atoms with van der Waals surface area (Å²) in [4.78, 5) is 11.8. The molecule has 0 aliphatic carbocycles. The molecule has 0 aliphatic heterocycles. The molecule has 0 radical (unpaired) electrons. The second-order valence-electron chi connectivity index (χ2n) is 3.60. The minimum atomic E-state index is -0.739. The number of aliphatic hydroxyl groups excluding tert-OH is 2. The summed E-state index contributed by atoms with van der Waals surface area (Å²) in [6, 6.07) is 8.36. The van der Waals surface area contributed by atoms with Gasteiger partial charge in [-0.15, -0.1) is 0 Å². The van der Waals surface area contributed by atoms with Gasteiger partial charge in [-0.2, -0.15) is 0 Å². The molecule has 1 unspecified atom stereocenters. The van der Waals surface area contributed by atoms with Crippen LogP contribution in [-0.2, 0) is 9.53 Å². The molecular weight excluding hydrogens is 222 g/mol. The Morgan fingerprint density at radius 2 is 1.88 bits per heavy atom. The van der Waals surface area contributed by atoms with Gasteiger partial charge in [0.1, 0.15) is 0 Å². The Morgan fingerprint density at radius 3 is 2.35 bits per heavy atom. The number of benzene rings is 1. The molecule has 1 aromatic rings. The first-order valence-corrected chi connectivity index (χ1v) is 5.32. The molecule has 0 bridgehead atoms. The van der Waals surface area contributed by atoms with Crippen molar-refractivity contribution in [1.29, 1.82) is 0 Å². The van der Waals surface area contributed by atoms with Gasteiger partial charge >= 0.3 is 0 Å². The maximum atomic E-state index is 11.8. The standard InChI is InChI=1S/C12H17NO4/c1-17-11(9-5-3-2-4-6-9)12(16)13-10(7-14)8-15/h2-6,10-11,14-15H,7-8H2,1H3,(H,13,16). The highest BCUT2D eigenvalue weighted by Gasteiger charge is 2.21. The fourth-order valence-corrected chi connectivity index (χ4v) is 1.45. The number of methoxy groups -OCH3 is 1. The van der Waals surface area contributed by atoms with Crippen LogP contribution in [-0.4, -0.2) is 42.5 Å². The monoisotopic (exact) mass is 239 g/mol. The highest BCUT2D eigenvalue weighted by molar-refractivity contribution is 5.82. The molecule has 1 rings (SSSR count). The van der Waals surface area contributed by atoms with Gasteiger partial charge in [0.25, 0.3) is 5.91 Å². The first-order valence-electron chi connectivity index (χ1n) is 5.32. The molecule has 1 amide bonds. The van der Waals surface area contributed by atoms with E-state index >= 15 is 0 Å². The van der Waals surface area contributed by atoms with Crippen LogP contribution in [0.2, 0.25) is 0 Å². The van der Waals surface area contributed by atoms with Crippen molar-refractivity contribution in [2.45, 2.75) is 12.1 Å². The molecule has 5 heteroatoms. The van der Waals surface area contributed by atoms with Crippen LogP contribution in [0.4, 0.5) is 0 Å². The summed E-state index contributed by atoms with van der Waals surface area (Å²) in [6.07, 6.45) is -0.739. The number of hydrogen-bond donors (Lipinski definition) is 3. The molecule has 3 N–H and O–H groups in total. The van der Waals surface area contributed by atoms with Crippen LogP contribution in [0.15, 0.2) is 30.3 Å². The molecule has 5 nitrogen and oxygen atoms in total. The predicted molar refractivity (Wildman–Crippen MR) is 62.3 cm³/mol. The highest BCUT2D eigenvalue weighted by Crippen LogP contribution is 2.16. The largest absolute Gasteiger partial charge is 0.394 e. The van der Waals surface area contributed by atoms with Gasteiger partial charge in [0.15, 0.2) is 6.10 Å². The number of carbonyl (C=O) groups excluding carboxylic acids is 1. The maximum Gasteiger partial charge on any atom is 0.254 e. The zero-order valence-electron chi connectivity index (χ0n) is 9.67. The lowest BCUT2D eigenvalue weighted by molar-refractivity contribution is -0.132. The van der Waals surface area contributed by atoms with Crippen LogP contribution in [0.3, 0.4) is 0 Å². The average molecular weight is 239 g/mol. The van der Waals surface area contributed by atoms with E-state index in [1.807, 2.05) is 18.2 Å². The molecule has 1 aromatic carbocycles. The molecule has 0 saturated heterocycles. The lowest BCUT2D eigenvalue weighted by Gasteiger charge is -2.19. The van der Waals surface area contributed by atoms with Crippen LogP contribution < -0.4 is 5.32 Å². The summed E-state index contributed by atoms with van der Waals surface area (Å²) in [6.45, 7) is -0.624. The van der Waals surface area contributed by atoms with Crippen molar-refractivity contribution >= 4 is 5.91 Å². The normalized spacial score (nSPS) is 12.5. The van der Waals surface area contributed by atoms with Gasteiger partial charge in [-0.05, 0) is 5.56 Å². The Hall–Kier alpha value is -1.43. The number of aliphatic hydroxyl groups is 2. The zero-order chi connectivity index (χ0) is 12.7. The van der Waals surface area contributed by atoms with Gasteiger partial charge in [-0.3, -0.25) is 4.79 Å². The average Bonchev–Trinajstić information content (AvgIpc) is 2.38. The molecule has 1 atom stereocenters. The van der Waals surface area contributed by atoms with E-state index in [0.29, 0.717) is 0 Å². The molecule has 0 saturated carbocycles. The quantitative estimate of drug-likeness (QED) is 0.644. The lowest BCUT2D eigenvalue weighted by Crippen LogP contribution is -2.42. The van der Waals surface area contributed by atoms with E-state index in [4.69, 9.17) is 14.9 Å². The fourth-order valence-electron chi connectivity index (χ4n) is 1.45. The number of hydrogen-bond acceptors (Lipinski definition) is 4. The third-order valence-corrected chi connectivity index (χ3v) is 2.36. The van der Waals surface area contributed by atoms with Gasteiger partial charge in [-0.25, -0.2) is 0 Å². The molecule has 0 aliphatic rings. The van der Waals surface area contributed by atoms with Gasteiger partial charge in [0, 0.05) is 7.11 Å². The van der Waals surface area contributed by atoms with E-state index in [0.717, 1.165) is 5.56 Å². The number of ether oxygens (including phenoxy) is 1. The van der Waals surface area contributed by atoms with Gasteiger partial charge in [0.2, 0.25) is 0 Å². The first kappa shape index (κ1) is 13.6. The molecule has 0 spiro atoms. The minimum absolute atomic E-state index is 0.312. The molecule has 0 fully saturated rings. The maximum absolute atomic E-state index is 11.8. The van der Waals surface area contributed by atoms with Crippen LogP contribution >= 0.6 is 0 Å². The van der Waals surface area contributed by atoms with Crippen molar-refractivity contribution in [3.05, 3.63) is 35.9 Å². The van der Waals surface area contributed by atoms with Crippen molar-refractivity contribution in [2.24, 2.45) is 0 Å². The van der Waals surface area contributed by atoms with Crippen LogP contribution in [0.5, 0.6) is 0 Å². The van der Waals surface area contributed by atoms with Crippen molar-refractivity contribution in [3.63, 3.8) is 0 Å². The predicted octanol–water partition coefficient (Wildman–Crippen LogP) is -0.157. The van der Waals surface area contributed by atoms with Crippen molar-refractivity contribution in [1.82, 2.24) is 5.32 Å². The number of rotatable bonds is 6. The summed E-state index contributed by atoms with van der Waals surface area (Å²) >= 11 is 0. The first-order chi connectivity index (χ1) is 8.22. The molecule has 0 aromatic heterocycles. The van der Waals surface area contributed by atoms with E-state index in [9.17, 15) is 4.79 Å². The number of amides is 1. The highest BCUT2D eigenvalue weighted by atomic mass is 16.5. The summed E-state index contributed by atoms with van der Waals surface area (Å²) in [7, 11) is 1.43. The van der Waals surface area contributed by atoms with E-state index in [-0.39, 0.29) is 19.1 Å². The van der Waals surface area contributed by atoms with Gasteiger partial charge in [0.05, 0.1) is 19.3 Å². The Kier molecular flexibility index (Phi) is 5.62. The van der Waals surface area contributed by atoms with E-state index in [1.165, 1.54) is 7.11 Å². The smallest absolute Gasteiger partial charge is 0.254 e. The third kappa shape index (κ3) is 3.81. The van der Waals surface area contributed by atoms with E-state index in [2.05, 4.69) is 5.32 Å². The lowest BCUT2D eigenvalue weighted by atomic mass is 10.1. The topological polar surface area (TPSA) is 78.8 Å². The minimum Gasteiger partial charge on any atom is -0.394 e. The zero-order valence-corrected chi connectivity index (χ0v) is 9.67. The second-order valence-corrected chi connectivity index (χ2v) is 3.60. The summed E-state index contributed by atoms with van der Waals surface area (Å²) in [5.41, 5.74) is 0.724. The van der Waals surface area contributed by atoms with Crippen molar-refractivity contribution in [3.8, 4) is 0 Å². The molecule has 0 heterocycles. The molecule has 17 heavy (non-hydrogen) atoms. The summed E-state index contributed by atoms with van der Waals surface area (Å²) in [5.74, 6) is -0.383. The van der Waals surface area contributed by atoms with Crippen LogP contribution in [0, 0.1) is 0 Å². The number of carbonyl (C=O) groups is 1. The van der Waals surface area contributed by atoms with Crippen molar-refractivity contribution in [2.75, 3.05) is 20.3 Å². The Labute approximate surface area is 100 Å². The van der Waals surface area contributed by atoms with E-state index < -0.39 is 12.1 Å². The Morgan fingerprint density at radius 1 is 1.29 bits per heavy atom. The third-order valence-electron chi connectivity index (χ3n) is 2.36. The Bertz CT molecular complexity index is 338. The summed E-state index contributed by atoms with van der Waals surface area (Å²) < 4.78 is 5.11. The summed E-state index contributed by atoms with van der Waals surface area (Å²) in [5, 5.41) is 20.3. The SMILES string of the molecule is COC(C(=O)NC(CO)CO)c1ccccc1. The van der Waals surface area contributed by atoms with Crippen LogP contribution in [0.25, 0.3) is 0 Å². The Balaban J connectivity index is 2.71. The fraction of sp³-hybridized carbons (Fsp3) is 0.417. The number of nitrogens with one attached hydrogen (secondary N) is 1. The van der Waals surface area contributed by atoms with Gasteiger partial charge < -0.3 is 20.3 Å². The van der Waals surface area contributed by atoms with Gasteiger partial charge in [-0.1, -0.05) is 30.3 Å². The van der Waals surface area contributed by atoms with Crippen LogP contribution in [0.1, 0.15) is 11.7 Å². The second kappa shape index (κ2) is 7.01. The van der Waals surface area contributed by atoms with Crippen molar-refractivity contribution < 1.29 is 19.7 Å².